The van der Waals surface area contributed by atoms with Crippen LogP contribution in [0.3, 0.4) is 0 Å². The Morgan fingerprint density at radius 1 is 0.818 bits per heavy atom. The van der Waals surface area contributed by atoms with Crippen molar-refractivity contribution in [1.82, 2.24) is 0 Å². The third kappa shape index (κ3) is 5.30. The topological polar surface area (TPSA) is 298 Å². The summed E-state index contributed by atoms with van der Waals surface area (Å²) in [5, 5.41) is 111. The maximum atomic E-state index is 13.2. The number of aliphatic carboxylic acids is 1. The Labute approximate surface area is 245 Å². The number of aliphatic hydroxyl groups excluding tert-OH is 7. The van der Waals surface area contributed by atoms with E-state index < -0.39 is 113 Å². The summed E-state index contributed by atoms with van der Waals surface area (Å²) < 4.78 is 21.5. The fourth-order valence-corrected chi connectivity index (χ4v) is 5.10. The van der Waals surface area contributed by atoms with E-state index in [1.807, 2.05) is 0 Å². The number of carboxylic acids is 1. The number of aliphatic hydroxyl groups is 7. The molecule has 2 aliphatic rings. The van der Waals surface area contributed by atoms with Crippen molar-refractivity contribution in [3.05, 3.63) is 46.1 Å². The molecule has 2 aromatic carbocycles. The Morgan fingerprint density at radius 3 is 2.16 bits per heavy atom. The zero-order valence-corrected chi connectivity index (χ0v) is 22.2. The molecule has 0 aliphatic carbocycles. The van der Waals surface area contributed by atoms with E-state index in [2.05, 4.69) is 0 Å². The van der Waals surface area contributed by atoms with Crippen molar-refractivity contribution in [2.75, 3.05) is 6.61 Å². The van der Waals surface area contributed by atoms with Gasteiger partial charge in [0.15, 0.2) is 23.0 Å². The lowest BCUT2D eigenvalue weighted by atomic mass is 9.89. The van der Waals surface area contributed by atoms with Crippen LogP contribution in [0, 0.1) is 0 Å². The Bertz CT molecular complexity index is 1620. The summed E-state index contributed by atoms with van der Waals surface area (Å²) in [4.78, 5) is 24.5. The minimum atomic E-state index is -1.98. The van der Waals surface area contributed by atoms with Gasteiger partial charge in [-0.1, -0.05) is 0 Å². The molecule has 2 aliphatic heterocycles. The van der Waals surface area contributed by atoms with Crippen LogP contribution in [0.2, 0.25) is 0 Å². The lowest BCUT2D eigenvalue weighted by molar-refractivity contribution is -0.271. The Hall–Kier alpha value is -4.04. The molecule has 44 heavy (non-hydrogen) atoms. The molecule has 0 spiro atoms. The number of carbonyl (C=O) groups is 1. The molecule has 11 N–H and O–H groups in total. The van der Waals surface area contributed by atoms with Gasteiger partial charge in [-0.05, 0) is 18.2 Å². The first-order valence-corrected chi connectivity index (χ1v) is 13.0. The number of fused-ring (bicyclic) bond motifs is 1. The predicted octanol–water partition coefficient (Wildman–Crippen LogP) is -2.64. The van der Waals surface area contributed by atoms with Crippen molar-refractivity contribution in [3.63, 3.8) is 0 Å². The number of aromatic hydroxyl groups is 3. The van der Waals surface area contributed by atoms with Crippen molar-refractivity contribution in [2.45, 2.75) is 61.2 Å². The van der Waals surface area contributed by atoms with E-state index >= 15 is 0 Å². The third-order valence-electron chi connectivity index (χ3n) is 7.49. The molecule has 238 valence electrons. The number of carboxylic acid groups (broad SMARTS) is 1. The summed E-state index contributed by atoms with van der Waals surface area (Å²) in [5.41, 5.74) is -1.70. The Kier molecular flexibility index (Phi) is 8.42. The first-order chi connectivity index (χ1) is 20.7. The van der Waals surface area contributed by atoms with E-state index in [4.69, 9.17) is 18.6 Å². The minimum absolute atomic E-state index is 0.0504. The second-order valence-corrected chi connectivity index (χ2v) is 10.3. The Morgan fingerprint density at radius 2 is 1.50 bits per heavy atom. The second kappa shape index (κ2) is 11.8. The molecule has 0 amide bonds. The summed E-state index contributed by atoms with van der Waals surface area (Å²) in [7, 11) is 0. The molecule has 17 heteroatoms. The summed E-state index contributed by atoms with van der Waals surface area (Å²) in [5.74, 6) is -4.45. The highest BCUT2D eigenvalue weighted by Gasteiger charge is 2.49. The number of rotatable bonds is 6. The van der Waals surface area contributed by atoms with Gasteiger partial charge in [0.1, 0.15) is 77.1 Å². The number of hydrogen-bond donors (Lipinski definition) is 11. The van der Waals surface area contributed by atoms with Crippen molar-refractivity contribution in [3.8, 4) is 34.3 Å². The molecule has 17 nitrogen and oxygen atoms in total. The molecule has 10 atom stereocenters. The number of phenolic OH excluding ortho intramolecular Hbond substituents is 3. The molecule has 2 saturated heterocycles. The summed E-state index contributed by atoms with van der Waals surface area (Å²) in [6, 6.07) is 5.29. The van der Waals surface area contributed by atoms with E-state index in [9.17, 15) is 65.8 Å². The SMILES string of the molecule is O=C(O)C1O[C@@H](Oc2cc(-c3cc(=O)c4c(O)c([C@@H]5OC(CO)[C@@H](O)[C@H](O)C5O)c(O)cc4o3)ccc2O)C(O)[C@@H](O)[C@@H]1O. The first-order valence-electron chi connectivity index (χ1n) is 13.0. The maximum absolute atomic E-state index is 13.2. The number of ether oxygens (including phenoxy) is 3. The lowest BCUT2D eigenvalue weighted by Gasteiger charge is -2.40. The lowest BCUT2D eigenvalue weighted by Crippen LogP contribution is -2.61. The van der Waals surface area contributed by atoms with Crippen molar-refractivity contribution in [2.24, 2.45) is 0 Å². The van der Waals surface area contributed by atoms with Crippen LogP contribution in [-0.4, -0.2) is 124 Å². The summed E-state index contributed by atoms with van der Waals surface area (Å²) >= 11 is 0. The Balaban J connectivity index is 1.50. The van der Waals surface area contributed by atoms with Crippen molar-refractivity contribution in [1.29, 1.82) is 0 Å². The molecular formula is C27H28O17. The van der Waals surface area contributed by atoms with Crippen molar-refractivity contribution < 1.29 is 79.6 Å². The van der Waals surface area contributed by atoms with Crippen LogP contribution in [0.4, 0.5) is 0 Å². The van der Waals surface area contributed by atoms with Gasteiger partial charge in [0.2, 0.25) is 6.29 Å². The van der Waals surface area contributed by atoms with Gasteiger partial charge in [0.25, 0.3) is 0 Å². The number of benzene rings is 2. The van der Waals surface area contributed by atoms with Crippen LogP contribution < -0.4 is 10.2 Å². The van der Waals surface area contributed by atoms with Gasteiger partial charge < -0.3 is 74.8 Å². The monoisotopic (exact) mass is 624 g/mol. The molecule has 0 radical (unpaired) electrons. The average molecular weight is 625 g/mol. The van der Waals surface area contributed by atoms with Crippen LogP contribution >= 0.6 is 0 Å². The standard InChI is InChI=1S/C27H28O17/c28-6-14-17(32)19(34)21(36)24(42-14)16-10(31)5-13-15(18(16)33)9(30)4-11(41-13)7-1-2-8(29)12(3-7)43-27-23(38)20(35)22(37)25(44-27)26(39)40/h1-5,14,17,19-25,27-29,31-38H,6H2,(H,39,40)/t14?,17-,19+,20+,21?,22+,23?,24+,25?,27-/m1/s1. The highest BCUT2D eigenvalue weighted by molar-refractivity contribution is 5.88. The van der Waals surface area contributed by atoms with Crippen LogP contribution in [-0.2, 0) is 14.3 Å². The van der Waals surface area contributed by atoms with Gasteiger partial charge in [-0.3, -0.25) is 4.79 Å². The van der Waals surface area contributed by atoms with Crippen LogP contribution in [0.25, 0.3) is 22.3 Å². The van der Waals surface area contributed by atoms with Crippen molar-refractivity contribution >= 4 is 16.9 Å². The second-order valence-electron chi connectivity index (χ2n) is 10.3. The quantitative estimate of drug-likeness (QED) is 0.134. The van der Waals surface area contributed by atoms with Gasteiger partial charge in [-0.25, -0.2) is 4.79 Å². The molecular weight excluding hydrogens is 596 g/mol. The zero-order valence-electron chi connectivity index (χ0n) is 22.2. The van der Waals surface area contributed by atoms with E-state index in [0.717, 1.165) is 24.3 Å². The molecule has 2 fully saturated rings. The maximum Gasteiger partial charge on any atom is 0.335 e. The normalized spacial score (nSPS) is 32.4. The van der Waals surface area contributed by atoms with Crippen LogP contribution in [0.15, 0.2) is 39.5 Å². The summed E-state index contributed by atoms with van der Waals surface area (Å²) in [6.07, 6.45) is -18.2. The highest BCUT2D eigenvalue weighted by atomic mass is 16.7. The molecule has 4 unspecified atom stereocenters. The van der Waals surface area contributed by atoms with E-state index in [-0.39, 0.29) is 16.9 Å². The third-order valence-corrected chi connectivity index (χ3v) is 7.49. The number of phenols is 3. The van der Waals surface area contributed by atoms with Gasteiger partial charge in [0, 0.05) is 17.7 Å². The summed E-state index contributed by atoms with van der Waals surface area (Å²) in [6.45, 7) is -0.783. The molecule has 0 saturated carbocycles. The molecule has 3 heterocycles. The average Bonchev–Trinajstić information content (AvgIpc) is 2.97. The molecule has 5 rings (SSSR count). The molecule has 1 aromatic heterocycles. The van der Waals surface area contributed by atoms with Gasteiger partial charge >= 0.3 is 5.97 Å². The molecule has 0 bridgehead atoms. The van der Waals surface area contributed by atoms with Gasteiger partial charge in [0.05, 0.1) is 12.2 Å². The smallest absolute Gasteiger partial charge is 0.335 e. The zero-order chi connectivity index (χ0) is 32.2. The number of hydrogen-bond acceptors (Lipinski definition) is 16. The van der Waals surface area contributed by atoms with Crippen LogP contribution in [0.5, 0.6) is 23.0 Å². The molecule has 3 aromatic rings. The fourth-order valence-electron chi connectivity index (χ4n) is 5.10. The first kappa shape index (κ1) is 31.4. The van der Waals surface area contributed by atoms with E-state index in [1.165, 1.54) is 6.07 Å². The minimum Gasteiger partial charge on any atom is -0.507 e. The van der Waals surface area contributed by atoms with Gasteiger partial charge in [-0.15, -0.1) is 0 Å². The van der Waals surface area contributed by atoms with E-state index in [1.54, 1.807) is 0 Å². The van der Waals surface area contributed by atoms with E-state index in [0.29, 0.717) is 0 Å². The largest absolute Gasteiger partial charge is 0.507 e. The highest BCUT2D eigenvalue weighted by Crippen LogP contribution is 2.45. The van der Waals surface area contributed by atoms with Crippen LogP contribution in [0.1, 0.15) is 11.7 Å². The predicted molar refractivity (Wildman–Crippen MR) is 141 cm³/mol. The van der Waals surface area contributed by atoms with Gasteiger partial charge in [-0.2, -0.15) is 0 Å². The fraction of sp³-hybridized carbons (Fsp3) is 0.407.